The lowest BCUT2D eigenvalue weighted by Crippen LogP contribution is -2.20. The highest BCUT2D eigenvalue weighted by atomic mass is 32.2. The average Bonchev–Trinajstić information content (AvgIpc) is 2.24. The van der Waals surface area contributed by atoms with Gasteiger partial charge in [-0.25, -0.2) is 0 Å². The van der Waals surface area contributed by atoms with Gasteiger partial charge in [0, 0.05) is 6.54 Å². The summed E-state index contributed by atoms with van der Waals surface area (Å²) in [5.74, 6) is 0. The van der Waals surface area contributed by atoms with Crippen molar-refractivity contribution in [2.75, 3.05) is 6.54 Å². The molecule has 0 atom stereocenters. The van der Waals surface area contributed by atoms with E-state index in [0.717, 1.165) is 0 Å². The summed E-state index contributed by atoms with van der Waals surface area (Å²) >= 11 is 0. The highest BCUT2D eigenvalue weighted by Gasteiger charge is 2.12. The summed E-state index contributed by atoms with van der Waals surface area (Å²) in [6.45, 7) is 3.72. The first-order valence-corrected chi connectivity index (χ1v) is 6.07. The zero-order valence-electron chi connectivity index (χ0n) is 8.63. The van der Waals surface area contributed by atoms with Crippen LogP contribution in [0, 0.1) is 0 Å². The first-order valence-electron chi connectivity index (χ1n) is 4.63. The number of benzene rings is 1. The summed E-state index contributed by atoms with van der Waals surface area (Å²) in [4.78, 5) is 0. The van der Waals surface area contributed by atoms with Crippen LogP contribution < -0.4 is 5.32 Å². The van der Waals surface area contributed by atoms with Crippen molar-refractivity contribution in [3.8, 4) is 0 Å². The summed E-state index contributed by atoms with van der Waals surface area (Å²) in [7, 11) is -4.23. The lowest BCUT2D eigenvalue weighted by molar-refractivity contribution is 0.488. The summed E-state index contributed by atoms with van der Waals surface area (Å²) < 4.78 is 31.0. The third-order valence-corrected chi connectivity index (χ3v) is 2.61. The van der Waals surface area contributed by atoms with E-state index in [1.807, 2.05) is 6.07 Å². The van der Waals surface area contributed by atoms with Crippen molar-refractivity contribution in [2.45, 2.75) is 0 Å². The standard InChI is InChI=1S/C11H13NO3S/c1-2-8-12-11(16(13,14)15)9-10-6-4-3-5-7-10/h2-7,9,12H,1,8H2,(H,13,14,15). The SMILES string of the molecule is C=CCNC(=Cc1ccccc1)S(=O)(=O)O. The molecule has 5 heteroatoms. The number of rotatable bonds is 5. The van der Waals surface area contributed by atoms with Crippen molar-refractivity contribution in [2.24, 2.45) is 0 Å². The molecular formula is C11H13NO3S. The minimum Gasteiger partial charge on any atom is -0.370 e. The van der Waals surface area contributed by atoms with Gasteiger partial charge in [-0.2, -0.15) is 8.42 Å². The molecule has 4 nitrogen and oxygen atoms in total. The number of hydrogen-bond acceptors (Lipinski definition) is 3. The van der Waals surface area contributed by atoms with Gasteiger partial charge in [-0.15, -0.1) is 6.58 Å². The zero-order chi connectivity index (χ0) is 12.0. The predicted molar refractivity (Wildman–Crippen MR) is 64.2 cm³/mol. The smallest absolute Gasteiger partial charge is 0.309 e. The maximum Gasteiger partial charge on any atom is 0.309 e. The van der Waals surface area contributed by atoms with Crippen LogP contribution in [0.15, 0.2) is 48.0 Å². The predicted octanol–water partition coefficient (Wildman–Crippen LogP) is 1.65. The van der Waals surface area contributed by atoms with E-state index in [0.29, 0.717) is 5.56 Å². The Kier molecular flexibility index (Phi) is 4.28. The first-order chi connectivity index (χ1) is 7.54. The van der Waals surface area contributed by atoms with Gasteiger partial charge in [0.05, 0.1) is 0 Å². The molecule has 0 amide bonds. The van der Waals surface area contributed by atoms with E-state index >= 15 is 0 Å². The van der Waals surface area contributed by atoms with Crippen molar-refractivity contribution in [3.63, 3.8) is 0 Å². The van der Waals surface area contributed by atoms with Crippen LogP contribution in [0.2, 0.25) is 0 Å². The Morgan fingerprint density at radius 1 is 1.38 bits per heavy atom. The Bertz CT molecular complexity index is 477. The molecule has 0 heterocycles. The van der Waals surface area contributed by atoms with Gasteiger partial charge in [-0.1, -0.05) is 36.4 Å². The molecular weight excluding hydrogens is 226 g/mol. The van der Waals surface area contributed by atoms with Crippen molar-refractivity contribution < 1.29 is 13.0 Å². The molecule has 1 rings (SSSR count). The minimum absolute atomic E-state index is 0.237. The quantitative estimate of drug-likeness (QED) is 0.605. The third kappa shape index (κ3) is 3.88. The monoisotopic (exact) mass is 239 g/mol. The van der Waals surface area contributed by atoms with Gasteiger partial charge in [0.15, 0.2) is 5.03 Å². The lowest BCUT2D eigenvalue weighted by Gasteiger charge is -2.05. The Morgan fingerprint density at radius 3 is 2.50 bits per heavy atom. The second kappa shape index (κ2) is 5.48. The van der Waals surface area contributed by atoms with Gasteiger partial charge in [0.25, 0.3) is 0 Å². The summed E-state index contributed by atoms with van der Waals surface area (Å²) in [5, 5.41) is 2.33. The van der Waals surface area contributed by atoms with E-state index in [1.54, 1.807) is 24.3 Å². The van der Waals surface area contributed by atoms with Crippen molar-refractivity contribution >= 4 is 16.2 Å². The van der Waals surface area contributed by atoms with Crippen molar-refractivity contribution in [3.05, 3.63) is 53.6 Å². The number of nitrogens with one attached hydrogen (secondary N) is 1. The van der Waals surface area contributed by atoms with Gasteiger partial charge >= 0.3 is 10.1 Å². The fraction of sp³-hybridized carbons (Fsp3) is 0.0909. The zero-order valence-corrected chi connectivity index (χ0v) is 9.44. The van der Waals surface area contributed by atoms with E-state index in [1.165, 1.54) is 12.2 Å². The number of hydrogen-bond donors (Lipinski definition) is 2. The molecule has 86 valence electrons. The van der Waals surface area contributed by atoms with Gasteiger partial charge < -0.3 is 5.32 Å². The Morgan fingerprint density at radius 2 is 2.00 bits per heavy atom. The van der Waals surface area contributed by atoms with E-state index in [4.69, 9.17) is 4.55 Å². The van der Waals surface area contributed by atoms with Crippen molar-refractivity contribution in [1.29, 1.82) is 0 Å². The van der Waals surface area contributed by atoms with E-state index in [9.17, 15) is 8.42 Å². The Labute approximate surface area is 95.1 Å². The van der Waals surface area contributed by atoms with E-state index in [-0.39, 0.29) is 11.6 Å². The van der Waals surface area contributed by atoms with Crippen LogP contribution in [0.4, 0.5) is 0 Å². The second-order valence-corrected chi connectivity index (χ2v) is 4.45. The Hall–Kier alpha value is -1.59. The molecule has 0 aliphatic rings. The van der Waals surface area contributed by atoms with Gasteiger partial charge in [0.2, 0.25) is 0 Å². The third-order valence-electron chi connectivity index (χ3n) is 1.80. The van der Waals surface area contributed by atoms with Crippen LogP contribution in [0.3, 0.4) is 0 Å². The van der Waals surface area contributed by atoms with E-state index < -0.39 is 10.1 Å². The Balaban J connectivity index is 3.02. The molecule has 1 aromatic carbocycles. The minimum atomic E-state index is -4.23. The molecule has 0 aliphatic carbocycles. The van der Waals surface area contributed by atoms with Gasteiger partial charge in [-0.05, 0) is 11.6 Å². The second-order valence-electron chi connectivity index (χ2n) is 3.06. The molecule has 0 saturated heterocycles. The van der Waals surface area contributed by atoms with Crippen LogP contribution in [-0.4, -0.2) is 19.5 Å². The molecule has 0 bridgehead atoms. The van der Waals surface area contributed by atoms with Gasteiger partial charge in [0.1, 0.15) is 0 Å². The molecule has 16 heavy (non-hydrogen) atoms. The average molecular weight is 239 g/mol. The molecule has 1 aromatic rings. The molecule has 0 fully saturated rings. The fourth-order valence-corrected chi connectivity index (χ4v) is 1.64. The van der Waals surface area contributed by atoms with Crippen LogP contribution in [0.25, 0.3) is 6.08 Å². The first kappa shape index (κ1) is 12.5. The molecule has 0 radical (unpaired) electrons. The maximum absolute atomic E-state index is 11.0. The molecule has 2 N–H and O–H groups in total. The molecule has 0 saturated carbocycles. The maximum atomic E-state index is 11.0. The topological polar surface area (TPSA) is 66.4 Å². The summed E-state index contributed by atoms with van der Waals surface area (Å²) in [6.07, 6.45) is 2.86. The van der Waals surface area contributed by atoms with Gasteiger partial charge in [-0.3, -0.25) is 4.55 Å². The highest BCUT2D eigenvalue weighted by Crippen LogP contribution is 2.08. The fourth-order valence-electron chi connectivity index (χ4n) is 1.09. The highest BCUT2D eigenvalue weighted by molar-refractivity contribution is 7.89. The van der Waals surface area contributed by atoms with Crippen LogP contribution >= 0.6 is 0 Å². The van der Waals surface area contributed by atoms with E-state index in [2.05, 4.69) is 11.9 Å². The molecule has 0 spiro atoms. The lowest BCUT2D eigenvalue weighted by atomic mass is 10.2. The normalized spacial score (nSPS) is 12.2. The summed E-state index contributed by atoms with van der Waals surface area (Å²) in [6, 6.07) is 8.85. The largest absolute Gasteiger partial charge is 0.370 e. The molecule has 0 aromatic heterocycles. The van der Waals surface area contributed by atoms with Crippen LogP contribution in [-0.2, 0) is 10.1 Å². The van der Waals surface area contributed by atoms with Crippen molar-refractivity contribution in [1.82, 2.24) is 5.32 Å². The van der Waals surface area contributed by atoms with Crippen LogP contribution in [0.5, 0.6) is 0 Å². The molecule has 0 unspecified atom stereocenters. The summed E-state index contributed by atoms with van der Waals surface area (Å²) in [5.41, 5.74) is 0.687. The molecule has 0 aliphatic heterocycles. The van der Waals surface area contributed by atoms with Crippen LogP contribution in [0.1, 0.15) is 5.56 Å².